The highest BCUT2D eigenvalue weighted by molar-refractivity contribution is 9.10. The molecule has 0 bridgehead atoms. The van der Waals surface area contributed by atoms with Gasteiger partial charge >= 0.3 is 0 Å². The van der Waals surface area contributed by atoms with Crippen LogP contribution < -0.4 is 0 Å². The van der Waals surface area contributed by atoms with Crippen LogP contribution >= 0.6 is 15.9 Å². The minimum absolute atomic E-state index is 0.0876. The molecule has 1 atom stereocenters. The number of nitrogens with zero attached hydrogens (tertiary/aromatic N) is 2. The maximum absolute atomic E-state index is 11.4. The number of carbonyl (C=O) groups excluding carboxylic acids is 1. The van der Waals surface area contributed by atoms with Crippen LogP contribution in [0.25, 0.3) is 0 Å². The molecule has 0 N–H and O–H groups in total. The molecular weight excluding hydrogens is 336 g/mol. The lowest BCUT2D eigenvalue weighted by Gasteiger charge is -2.35. The van der Waals surface area contributed by atoms with Crippen LogP contribution in [-0.4, -0.2) is 28.2 Å². The highest BCUT2D eigenvalue weighted by atomic mass is 79.9. The minimum atomic E-state index is -0.395. The van der Waals surface area contributed by atoms with Gasteiger partial charge in [-0.25, -0.2) is 0 Å². The number of likely N-dealkylation sites (tertiary alicyclic amines) is 1. The first-order chi connectivity index (χ1) is 9.97. The van der Waals surface area contributed by atoms with E-state index in [9.17, 15) is 14.9 Å². The molecule has 1 saturated heterocycles. The molecular formula is C15H19BrN2O3. The van der Waals surface area contributed by atoms with Gasteiger partial charge in [-0.3, -0.25) is 19.8 Å². The summed E-state index contributed by atoms with van der Waals surface area (Å²) < 4.78 is 0.754. The first kappa shape index (κ1) is 16.1. The van der Waals surface area contributed by atoms with Crippen molar-refractivity contribution in [2.45, 2.75) is 45.2 Å². The molecule has 6 heteroatoms. The van der Waals surface area contributed by atoms with Crippen LogP contribution in [-0.2, 0) is 11.3 Å². The van der Waals surface area contributed by atoms with Gasteiger partial charge in [0.2, 0.25) is 0 Å². The van der Waals surface area contributed by atoms with Crippen molar-refractivity contribution < 1.29 is 9.72 Å². The van der Waals surface area contributed by atoms with Gasteiger partial charge in [-0.1, -0.05) is 22.4 Å². The Labute approximate surface area is 132 Å². The Balaban J connectivity index is 2.11. The number of non-ortho nitro benzene ring substituents is 1. The molecule has 1 heterocycles. The molecule has 0 aromatic heterocycles. The van der Waals surface area contributed by atoms with Crippen LogP contribution in [0, 0.1) is 10.1 Å². The van der Waals surface area contributed by atoms with Crippen LogP contribution in [0.3, 0.4) is 0 Å². The summed E-state index contributed by atoms with van der Waals surface area (Å²) in [6.07, 6.45) is 3.93. The predicted octanol–water partition coefficient (Wildman–Crippen LogP) is 3.69. The summed E-state index contributed by atoms with van der Waals surface area (Å²) in [5.74, 6) is 0.217. The molecule has 0 saturated carbocycles. The first-order valence-corrected chi connectivity index (χ1v) is 7.93. The number of rotatable bonds is 5. The Morgan fingerprint density at radius 2 is 2.24 bits per heavy atom. The second-order valence-corrected chi connectivity index (χ2v) is 6.41. The summed E-state index contributed by atoms with van der Waals surface area (Å²) in [5, 5.41) is 10.8. The monoisotopic (exact) mass is 354 g/mol. The second-order valence-electron chi connectivity index (χ2n) is 5.56. The lowest BCUT2D eigenvalue weighted by atomic mass is 9.97. The third-order valence-corrected chi connectivity index (χ3v) is 4.63. The average molecular weight is 355 g/mol. The molecule has 1 aliphatic rings. The predicted molar refractivity (Wildman–Crippen MR) is 84.1 cm³/mol. The van der Waals surface area contributed by atoms with E-state index in [-0.39, 0.29) is 11.5 Å². The molecule has 1 aliphatic heterocycles. The van der Waals surface area contributed by atoms with E-state index in [0.29, 0.717) is 12.5 Å². The normalized spacial score (nSPS) is 19.4. The SMILES string of the molecule is CC(=O)CC1CCCCN1Cc1ccc([N+](=O)[O-])cc1Br. The summed E-state index contributed by atoms with van der Waals surface area (Å²) in [6.45, 7) is 3.33. The summed E-state index contributed by atoms with van der Waals surface area (Å²) >= 11 is 3.41. The topological polar surface area (TPSA) is 63.5 Å². The maximum Gasteiger partial charge on any atom is 0.270 e. The molecule has 1 aromatic rings. The Morgan fingerprint density at radius 3 is 2.86 bits per heavy atom. The Bertz CT molecular complexity index is 548. The number of carbonyl (C=O) groups is 1. The molecule has 5 nitrogen and oxygen atoms in total. The number of ketones is 1. The highest BCUT2D eigenvalue weighted by Crippen LogP contribution is 2.27. The molecule has 1 fully saturated rings. The van der Waals surface area contributed by atoms with Crippen molar-refractivity contribution in [3.05, 3.63) is 38.3 Å². The van der Waals surface area contributed by atoms with Crippen molar-refractivity contribution in [2.75, 3.05) is 6.54 Å². The number of Topliss-reactive ketones (excluding diaryl/α,β-unsaturated/α-hetero) is 1. The minimum Gasteiger partial charge on any atom is -0.300 e. The Hall–Kier alpha value is -1.27. The number of piperidine rings is 1. The van der Waals surface area contributed by atoms with Gasteiger partial charge in [0, 0.05) is 35.6 Å². The van der Waals surface area contributed by atoms with E-state index in [2.05, 4.69) is 20.8 Å². The smallest absolute Gasteiger partial charge is 0.270 e. The van der Waals surface area contributed by atoms with E-state index in [0.717, 1.165) is 42.4 Å². The highest BCUT2D eigenvalue weighted by Gasteiger charge is 2.24. The lowest BCUT2D eigenvalue weighted by Crippen LogP contribution is -2.40. The van der Waals surface area contributed by atoms with Crippen LogP contribution in [0.1, 0.15) is 38.2 Å². The van der Waals surface area contributed by atoms with E-state index >= 15 is 0 Å². The van der Waals surface area contributed by atoms with Gasteiger partial charge in [0.15, 0.2) is 0 Å². The van der Waals surface area contributed by atoms with Crippen LogP contribution in [0.2, 0.25) is 0 Å². The van der Waals surface area contributed by atoms with Gasteiger partial charge in [0.1, 0.15) is 5.78 Å². The van der Waals surface area contributed by atoms with Crippen molar-refractivity contribution in [3.8, 4) is 0 Å². The molecule has 2 rings (SSSR count). The summed E-state index contributed by atoms with van der Waals surface area (Å²) in [7, 11) is 0. The number of hydrogen-bond acceptors (Lipinski definition) is 4. The molecule has 0 aliphatic carbocycles. The van der Waals surface area contributed by atoms with Crippen LogP contribution in [0.5, 0.6) is 0 Å². The quantitative estimate of drug-likeness (QED) is 0.597. The molecule has 0 radical (unpaired) electrons. The summed E-state index contributed by atoms with van der Waals surface area (Å²) in [4.78, 5) is 24.1. The van der Waals surface area contributed by atoms with Crippen molar-refractivity contribution in [3.63, 3.8) is 0 Å². The molecule has 0 amide bonds. The number of hydrogen-bond donors (Lipinski definition) is 0. The number of benzene rings is 1. The van der Waals surface area contributed by atoms with Gasteiger partial charge < -0.3 is 0 Å². The number of nitro benzene ring substituents is 1. The van der Waals surface area contributed by atoms with Gasteiger partial charge in [-0.15, -0.1) is 0 Å². The lowest BCUT2D eigenvalue weighted by molar-refractivity contribution is -0.384. The zero-order valence-electron chi connectivity index (χ0n) is 12.0. The van der Waals surface area contributed by atoms with Crippen LogP contribution in [0.4, 0.5) is 5.69 Å². The summed E-state index contributed by atoms with van der Waals surface area (Å²) in [6, 6.07) is 5.16. The molecule has 1 aromatic carbocycles. The van der Waals surface area contributed by atoms with Crippen molar-refractivity contribution >= 4 is 27.4 Å². The van der Waals surface area contributed by atoms with Gasteiger partial charge in [-0.2, -0.15) is 0 Å². The third kappa shape index (κ3) is 4.35. The Morgan fingerprint density at radius 1 is 1.48 bits per heavy atom. The number of halogens is 1. The third-order valence-electron chi connectivity index (χ3n) is 3.89. The average Bonchev–Trinajstić information content (AvgIpc) is 2.42. The fourth-order valence-electron chi connectivity index (χ4n) is 2.83. The van der Waals surface area contributed by atoms with E-state index in [1.165, 1.54) is 6.07 Å². The van der Waals surface area contributed by atoms with E-state index in [4.69, 9.17) is 0 Å². The molecule has 21 heavy (non-hydrogen) atoms. The van der Waals surface area contributed by atoms with E-state index < -0.39 is 4.92 Å². The van der Waals surface area contributed by atoms with Crippen molar-refractivity contribution in [1.29, 1.82) is 0 Å². The second kappa shape index (κ2) is 7.13. The zero-order valence-corrected chi connectivity index (χ0v) is 13.6. The molecule has 114 valence electrons. The maximum atomic E-state index is 11.4. The largest absolute Gasteiger partial charge is 0.300 e. The van der Waals surface area contributed by atoms with Crippen molar-refractivity contribution in [2.24, 2.45) is 0 Å². The fourth-order valence-corrected chi connectivity index (χ4v) is 3.32. The molecule has 1 unspecified atom stereocenters. The summed E-state index contributed by atoms with van der Waals surface area (Å²) in [5.41, 5.74) is 1.11. The van der Waals surface area contributed by atoms with Crippen molar-refractivity contribution in [1.82, 2.24) is 4.90 Å². The standard InChI is InChI=1S/C15H19BrN2O3/c1-11(19)8-13-4-2-3-7-17(13)10-12-5-6-14(18(20)21)9-15(12)16/h5-6,9,13H,2-4,7-8,10H2,1H3. The van der Waals surface area contributed by atoms with Crippen LogP contribution in [0.15, 0.2) is 22.7 Å². The van der Waals surface area contributed by atoms with Gasteiger partial charge in [-0.05, 0) is 37.9 Å². The fraction of sp³-hybridized carbons (Fsp3) is 0.533. The zero-order chi connectivity index (χ0) is 15.4. The molecule has 0 spiro atoms. The Kier molecular flexibility index (Phi) is 5.47. The van der Waals surface area contributed by atoms with E-state index in [1.807, 2.05) is 0 Å². The van der Waals surface area contributed by atoms with E-state index in [1.54, 1.807) is 19.1 Å². The first-order valence-electron chi connectivity index (χ1n) is 7.13. The van der Waals surface area contributed by atoms with Gasteiger partial charge in [0.25, 0.3) is 5.69 Å². The number of nitro groups is 1. The van der Waals surface area contributed by atoms with Gasteiger partial charge in [0.05, 0.1) is 4.92 Å².